The highest BCUT2D eigenvalue weighted by atomic mass is 19.1. The lowest BCUT2D eigenvalue weighted by Crippen LogP contribution is -2.34. The number of benzene rings is 1. The van der Waals surface area contributed by atoms with Crippen LogP contribution in [0.5, 0.6) is 0 Å². The maximum Gasteiger partial charge on any atom is 0.133 e. The van der Waals surface area contributed by atoms with E-state index >= 15 is 0 Å². The van der Waals surface area contributed by atoms with Crippen LogP contribution in [0.15, 0.2) is 12.1 Å². The Hall–Kier alpha value is -1.44. The van der Waals surface area contributed by atoms with Gasteiger partial charge in [-0.15, -0.1) is 6.42 Å². The predicted octanol–water partition coefficient (Wildman–Crippen LogP) is 1.61. The van der Waals surface area contributed by atoms with E-state index in [-0.39, 0.29) is 11.1 Å². The molecule has 2 rings (SSSR count). The van der Waals surface area contributed by atoms with Crippen molar-refractivity contribution in [1.29, 1.82) is 0 Å². The van der Waals surface area contributed by atoms with E-state index < -0.39 is 17.7 Å². The molecule has 0 bridgehead atoms. The first-order chi connectivity index (χ1) is 7.72. The fourth-order valence-electron chi connectivity index (χ4n) is 1.73. The van der Waals surface area contributed by atoms with Crippen molar-refractivity contribution in [3.05, 3.63) is 34.9 Å². The third-order valence-electron chi connectivity index (χ3n) is 2.50. The summed E-state index contributed by atoms with van der Waals surface area (Å²) >= 11 is 0. The third-order valence-corrected chi connectivity index (χ3v) is 2.50. The van der Waals surface area contributed by atoms with E-state index in [1.165, 1.54) is 0 Å². The van der Waals surface area contributed by atoms with Gasteiger partial charge in [-0.3, -0.25) is 0 Å². The first kappa shape index (κ1) is 11.1. The average molecular weight is 223 g/mol. The molecule has 1 unspecified atom stereocenters. The quantitative estimate of drug-likeness (QED) is 0.730. The largest absolute Gasteiger partial charge is 0.371 e. The summed E-state index contributed by atoms with van der Waals surface area (Å²) in [5.41, 5.74) is 0.147. The van der Waals surface area contributed by atoms with Gasteiger partial charge in [0, 0.05) is 18.7 Å². The Kier molecular flexibility index (Phi) is 3.18. The average Bonchev–Trinajstić information content (AvgIpc) is 2.29. The van der Waals surface area contributed by atoms with Crippen molar-refractivity contribution in [2.45, 2.75) is 6.10 Å². The van der Waals surface area contributed by atoms with Gasteiger partial charge in [-0.05, 0) is 12.1 Å². The Labute approximate surface area is 92.6 Å². The van der Waals surface area contributed by atoms with Crippen molar-refractivity contribution in [1.82, 2.24) is 5.32 Å². The fourth-order valence-corrected chi connectivity index (χ4v) is 1.73. The van der Waals surface area contributed by atoms with Crippen molar-refractivity contribution in [3.63, 3.8) is 0 Å². The normalized spacial score (nSPS) is 20.4. The van der Waals surface area contributed by atoms with Crippen LogP contribution in [0.25, 0.3) is 0 Å². The summed E-state index contributed by atoms with van der Waals surface area (Å²) in [5.74, 6) is 0.900. The van der Waals surface area contributed by atoms with Crippen molar-refractivity contribution in [3.8, 4) is 12.3 Å². The lowest BCUT2D eigenvalue weighted by atomic mass is 10.0. The molecule has 16 heavy (non-hydrogen) atoms. The van der Waals surface area contributed by atoms with E-state index in [1.54, 1.807) is 0 Å². The van der Waals surface area contributed by atoms with Crippen LogP contribution >= 0.6 is 0 Å². The predicted molar refractivity (Wildman–Crippen MR) is 55.9 cm³/mol. The highest BCUT2D eigenvalue weighted by molar-refractivity contribution is 5.37. The molecular weight excluding hydrogens is 212 g/mol. The second kappa shape index (κ2) is 4.60. The molecule has 0 spiro atoms. The number of hydrogen-bond acceptors (Lipinski definition) is 2. The van der Waals surface area contributed by atoms with Gasteiger partial charge in [0.05, 0.1) is 12.2 Å². The van der Waals surface area contributed by atoms with Crippen LogP contribution in [-0.4, -0.2) is 19.7 Å². The number of ether oxygens (including phenoxy) is 1. The van der Waals surface area contributed by atoms with Gasteiger partial charge in [0.25, 0.3) is 0 Å². The maximum atomic E-state index is 13.6. The molecule has 1 heterocycles. The van der Waals surface area contributed by atoms with Crippen LogP contribution in [0.4, 0.5) is 8.78 Å². The monoisotopic (exact) mass is 223 g/mol. The standard InChI is InChI=1S/C12H11F2NO/c1-2-8-5-9(13)12(10(14)6-8)11-7-15-3-4-16-11/h1,5-6,11,15H,3-4,7H2. The van der Waals surface area contributed by atoms with E-state index in [0.29, 0.717) is 19.7 Å². The van der Waals surface area contributed by atoms with Gasteiger partial charge < -0.3 is 10.1 Å². The van der Waals surface area contributed by atoms with Crippen molar-refractivity contribution < 1.29 is 13.5 Å². The molecule has 4 heteroatoms. The number of halogens is 2. The zero-order valence-electron chi connectivity index (χ0n) is 8.59. The molecule has 1 aromatic carbocycles. The summed E-state index contributed by atoms with van der Waals surface area (Å²) < 4.78 is 32.6. The lowest BCUT2D eigenvalue weighted by Gasteiger charge is -2.24. The fraction of sp³-hybridized carbons (Fsp3) is 0.333. The number of nitrogens with one attached hydrogen (secondary N) is 1. The van der Waals surface area contributed by atoms with Crippen molar-refractivity contribution in [2.75, 3.05) is 19.7 Å². The van der Waals surface area contributed by atoms with E-state index in [0.717, 1.165) is 12.1 Å². The lowest BCUT2D eigenvalue weighted by molar-refractivity contribution is 0.0232. The molecule has 1 atom stereocenters. The summed E-state index contributed by atoms with van der Waals surface area (Å²) in [5, 5.41) is 3.02. The molecule has 1 aliphatic heterocycles. The third kappa shape index (κ3) is 2.06. The first-order valence-corrected chi connectivity index (χ1v) is 5.00. The summed E-state index contributed by atoms with van der Waals surface area (Å²) in [6, 6.07) is 2.30. The molecule has 2 nitrogen and oxygen atoms in total. The number of rotatable bonds is 1. The highest BCUT2D eigenvalue weighted by Gasteiger charge is 2.23. The van der Waals surface area contributed by atoms with E-state index in [1.807, 2.05) is 0 Å². The highest BCUT2D eigenvalue weighted by Crippen LogP contribution is 2.25. The summed E-state index contributed by atoms with van der Waals surface area (Å²) in [7, 11) is 0. The van der Waals surface area contributed by atoms with Crippen LogP contribution in [-0.2, 0) is 4.74 Å². The van der Waals surface area contributed by atoms with Gasteiger partial charge in [0.1, 0.15) is 17.7 Å². The van der Waals surface area contributed by atoms with Gasteiger partial charge in [0.15, 0.2) is 0 Å². The molecule has 0 aliphatic carbocycles. The molecule has 0 saturated carbocycles. The zero-order valence-corrected chi connectivity index (χ0v) is 8.59. The molecule has 1 saturated heterocycles. The number of hydrogen-bond donors (Lipinski definition) is 1. The van der Waals surface area contributed by atoms with Gasteiger partial charge in [-0.25, -0.2) is 8.78 Å². The molecule has 0 aromatic heterocycles. The molecule has 0 amide bonds. The van der Waals surface area contributed by atoms with Crippen molar-refractivity contribution >= 4 is 0 Å². The van der Waals surface area contributed by atoms with Crippen LogP contribution in [0.2, 0.25) is 0 Å². The first-order valence-electron chi connectivity index (χ1n) is 5.00. The second-order valence-corrected chi connectivity index (χ2v) is 3.56. The van der Waals surface area contributed by atoms with Gasteiger partial charge in [-0.2, -0.15) is 0 Å². The molecule has 1 aromatic rings. The topological polar surface area (TPSA) is 21.3 Å². The summed E-state index contributed by atoms with van der Waals surface area (Å²) in [6.07, 6.45) is 4.51. The molecule has 0 radical (unpaired) electrons. The van der Waals surface area contributed by atoms with Gasteiger partial charge in [-0.1, -0.05) is 5.92 Å². The minimum atomic E-state index is -0.651. The Morgan fingerprint density at radius 3 is 2.56 bits per heavy atom. The minimum absolute atomic E-state index is 0.0498. The Bertz CT molecular complexity index is 410. The minimum Gasteiger partial charge on any atom is -0.371 e. The molecule has 1 N–H and O–H groups in total. The zero-order chi connectivity index (χ0) is 11.5. The molecule has 1 fully saturated rings. The van der Waals surface area contributed by atoms with E-state index in [9.17, 15) is 8.78 Å². The molecule has 84 valence electrons. The second-order valence-electron chi connectivity index (χ2n) is 3.56. The smallest absolute Gasteiger partial charge is 0.133 e. The molecule has 1 aliphatic rings. The Morgan fingerprint density at radius 1 is 1.38 bits per heavy atom. The molecular formula is C12H11F2NO. The Balaban J connectivity index is 2.36. The Morgan fingerprint density at radius 2 is 2.06 bits per heavy atom. The van der Waals surface area contributed by atoms with Crippen LogP contribution in [0.1, 0.15) is 17.2 Å². The maximum absolute atomic E-state index is 13.6. The van der Waals surface area contributed by atoms with Crippen LogP contribution < -0.4 is 5.32 Å². The SMILES string of the molecule is C#Cc1cc(F)c(C2CNCCO2)c(F)c1. The van der Waals surface area contributed by atoms with E-state index in [2.05, 4.69) is 11.2 Å². The van der Waals surface area contributed by atoms with Crippen LogP contribution in [0, 0.1) is 24.0 Å². The van der Waals surface area contributed by atoms with Crippen molar-refractivity contribution in [2.24, 2.45) is 0 Å². The summed E-state index contributed by atoms with van der Waals surface area (Å²) in [4.78, 5) is 0. The van der Waals surface area contributed by atoms with Gasteiger partial charge in [0.2, 0.25) is 0 Å². The summed E-state index contributed by atoms with van der Waals surface area (Å²) in [6.45, 7) is 1.55. The van der Waals surface area contributed by atoms with E-state index in [4.69, 9.17) is 11.2 Å². The number of terminal acetylenes is 1. The number of morpholine rings is 1. The van der Waals surface area contributed by atoms with Crippen LogP contribution in [0.3, 0.4) is 0 Å². The van der Waals surface area contributed by atoms with Gasteiger partial charge >= 0.3 is 0 Å².